The quantitative estimate of drug-likeness (QED) is 0.850. The van der Waals surface area contributed by atoms with Crippen LogP contribution in [0.4, 0.5) is 28.8 Å². The number of benzene rings is 1. The Labute approximate surface area is 165 Å². The average Bonchev–Trinajstić information content (AvgIpc) is 2.73. The minimum Gasteiger partial charge on any atom is -0.378 e. The lowest BCUT2D eigenvalue weighted by atomic mass is 10.2. The van der Waals surface area contributed by atoms with Gasteiger partial charge < -0.3 is 24.8 Å². The lowest BCUT2D eigenvalue weighted by Gasteiger charge is -2.34. The van der Waals surface area contributed by atoms with Crippen LogP contribution in [0, 0.1) is 0 Å². The Morgan fingerprint density at radius 3 is 2.64 bits per heavy atom. The summed E-state index contributed by atoms with van der Waals surface area (Å²) in [4.78, 5) is 27.2. The van der Waals surface area contributed by atoms with Gasteiger partial charge in [0, 0.05) is 38.1 Å². The molecule has 1 fully saturated rings. The smallest absolute Gasteiger partial charge is 0.246 e. The number of morpholine rings is 1. The van der Waals surface area contributed by atoms with E-state index in [0.717, 1.165) is 56.5 Å². The van der Waals surface area contributed by atoms with Crippen molar-refractivity contribution in [2.75, 3.05) is 66.5 Å². The predicted molar refractivity (Wildman–Crippen MR) is 111 cm³/mol. The van der Waals surface area contributed by atoms with E-state index in [1.807, 2.05) is 17.0 Å². The Balaban J connectivity index is 1.52. The Kier molecular flexibility index (Phi) is 5.29. The van der Waals surface area contributed by atoms with Crippen LogP contribution < -0.4 is 20.0 Å². The molecule has 0 aliphatic carbocycles. The van der Waals surface area contributed by atoms with E-state index in [9.17, 15) is 4.79 Å². The van der Waals surface area contributed by atoms with Gasteiger partial charge in [-0.15, -0.1) is 0 Å². The molecule has 2 aliphatic rings. The number of ether oxygens (including phenoxy) is 1. The summed E-state index contributed by atoms with van der Waals surface area (Å²) in [5.41, 5.74) is 2.87. The number of fused-ring (bicyclic) bond motifs is 1. The summed E-state index contributed by atoms with van der Waals surface area (Å²) in [7, 11) is 1.77. The highest BCUT2D eigenvalue weighted by molar-refractivity contribution is 6.01. The van der Waals surface area contributed by atoms with E-state index in [-0.39, 0.29) is 5.91 Å². The van der Waals surface area contributed by atoms with Crippen molar-refractivity contribution < 1.29 is 9.53 Å². The zero-order valence-corrected chi connectivity index (χ0v) is 16.4. The molecule has 148 valence electrons. The molecule has 1 aromatic carbocycles. The Hall–Kier alpha value is -2.87. The van der Waals surface area contributed by atoms with Crippen LogP contribution in [0.15, 0.2) is 30.5 Å². The minimum atomic E-state index is 0.0592. The Morgan fingerprint density at radius 1 is 1.18 bits per heavy atom. The number of carbonyl (C=O) groups is 1. The maximum Gasteiger partial charge on any atom is 0.246 e. The number of carbonyl (C=O) groups excluding carboxylic acids is 1. The third-order valence-corrected chi connectivity index (χ3v) is 5.10. The molecule has 3 heterocycles. The fraction of sp³-hybridized carbons (Fsp3) is 0.450. The summed E-state index contributed by atoms with van der Waals surface area (Å²) in [6, 6.07) is 8.27. The predicted octanol–water partition coefficient (Wildman–Crippen LogP) is 2.25. The molecule has 2 aliphatic heterocycles. The molecule has 28 heavy (non-hydrogen) atoms. The standard InChI is InChI=1S/C20H26N6O2/c1-3-8-26-14-18(27)24(2)17-13-21-20(23-19(17)26)22-15-4-6-16(7-5-15)25-9-11-28-12-10-25/h4-7,13H,3,8-12,14H2,1-2H3,(H,21,22,23). The monoisotopic (exact) mass is 382 g/mol. The van der Waals surface area contributed by atoms with Gasteiger partial charge in [0.15, 0.2) is 5.82 Å². The molecule has 0 atom stereocenters. The molecule has 0 saturated carbocycles. The number of hydrogen-bond acceptors (Lipinski definition) is 7. The molecule has 8 heteroatoms. The highest BCUT2D eigenvalue weighted by atomic mass is 16.5. The van der Waals surface area contributed by atoms with E-state index in [1.165, 1.54) is 5.69 Å². The van der Waals surface area contributed by atoms with Gasteiger partial charge in [-0.3, -0.25) is 4.79 Å². The average molecular weight is 382 g/mol. The summed E-state index contributed by atoms with van der Waals surface area (Å²) in [5, 5.41) is 3.28. The maximum absolute atomic E-state index is 12.2. The van der Waals surface area contributed by atoms with Gasteiger partial charge >= 0.3 is 0 Å². The second-order valence-electron chi connectivity index (χ2n) is 7.05. The first-order valence-corrected chi connectivity index (χ1v) is 9.74. The summed E-state index contributed by atoms with van der Waals surface area (Å²) in [6.07, 6.45) is 2.67. The van der Waals surface area contributed by atoms with Crippen molar-refractivity contribution >= 4 is 34.7 Å². The van der Waals surface area contributed by atoms with Crippen LogP contribution in [-0.4, -0.2) is 62.3 Å². The summed E-state index contributed by atoms with van der Waals surface area (Å²) in [6.45, 7) is 6.61. The number of anilines is 5. The molecule has 0 spiro atoms. The highest BCUT2D eigenvalue weighted by Crippen LogP contribution is 2.31. The minimum absolute atomic E-state index is 0.0592. The molecule has 1 amide bonds. The number of amides is 1. The molecule has 0 radical (unpaired) electrons. The molecule has 1 N–H and O–H groups in total. The number of rotatable bonds is 5. The van der Waals surface area contributed by atoms with E-state index < -0.39 is 0 Å². The number of likely N-dealkylation sites (N-methyl/N-ethyl adjacent to an activating group) is 1. The number of aromatic nitrogens is 2. The van der Waals surface area contributed by atoms with Crippen molar-refractivity contribution in [3.05, 3.63) is 30.5 Å². The molecule has 1 saturated heterocycles. The summed E-state index contributed by atoms with van der Waals surface area (Å²) < 4.78 is 5.41. The molecule has 8 nitrogen and oxygen atoms in total. The fourth-order valence-corrected chi connectivity index (χ4v) is 3.54. The zero-order chi connectivity index (χ0) is 19.5. The molecule has 4 rings (SSSR count). The van der Waals surface area contributed by atoms with E-state index in [2.05, 4.69) is 39.2 Å². The van der Waals surface area contributed by atoms with Crippen molar-refractivity contribution in [2.24, 2.45) is 0 Å². The molecule has 0 bridgehead atoms. The first-order chi connectivity index (χ1) is 13.7. The fourth-order valence-electron chi connectivity index (χ4n) is 3.54. The molecule has 1 aromatic heterocycles. The van der Waals surface area contributed by atoms with Crippen LogP contribution >= 0.6 is 0 Å². The lowest BCUT2D eigenvalue weighted by Crippen LogP contribution is -2.44. The van der Waals surface area contributed by atoms with Crippen LogP contribution in [-0.2, 0) is 9.53 Å². The van der Waals surface area contributed by atoms with Crippen molar-refractivity contribution in [3.8, 4) is 0 Å². The van der Waals surface area contributed by atoms with Crippen molar-refractivity contribution in [1.29, 1.82) is 0 Å². The third kappa shape index (κ3) is 3.73. The van der Waals surface area contributed by atoms with E-state index in [4.69, 9.17) is 4.74 Å². The summed E-state index contributed by atoms with van der Waals surface area (Å²) >= 11 is 0. The van der Waals surface area contributed by atoms with Gasteiger partial charge in [-0.25, -0.2) is 4.98 Å². The molecule has 2 aromatic rings. The summed E-state index contributed by atoms with van der Waals surface area (Å²) in [5.74, 6) is 1.39. The van der Waals surface area contributed by atoms with Crippen LogP contribution in [0.1, 0.15) is 13.3 Å². The van der Waals surface area contributed by atoms with Gasteiger partial charge in [0.25, 0.3) is 0 Å². The molecular formula is C20H26N6O2. The van der Waals surface area contributed by atoms with Crippen LogP contribution in [0.25, 0.3) is 0 Å². The van der Waals surface area contributed by atoms with Gasteiger partial charge in [0.05, 0.1) is 26.0 Å². The first-order valence-electron chi connectivity index (χ1n) is 9.74. The lowest BCUT2D eigenvalue weighted by molar-refractivity contribution is -0.117. The Bertz CT molecular complexity index is 835. The van der Waals surface area contributed by atoms with Gasteiger partial charge in [-0.2, -0.15) is 4.98 Å². The molecule has 0 unspecified atom stereocenters. The topological polar surface area (TPSA) is 73.8 Å². The van der Waals surface area contributed by atoms with Crippen molar-refractivity contribution in [3.63, 3.8) is 0 Å². The SMILES string of the molecule is CCCN1CC(=O)N(C)c2cnc(Nc3ccc(N4CCOCC4)cc3)nc21. The first kappa shape index (κ1) is 18.5. The number of nitrogens with zero attached hydrogens (tertiary/aromatic N) is 5. The zero-order valence-electron chi connectivity index (χ0n) is 16.4. The number of hydrogen-bond donors (Lipinski definition) is 1. The van der Waals surface area contributed by atoms with Crippen LogP contribution in [0.5, 0.6) is 0 Å². The van der Waals surface area contributed by atoms with Crippen molar-refractivity contribution in [2.45, 2.75) is 13.3 Å². The normalized spacial score (nSPS) is 16.9. The Morgan fingerprint density at radius 2 is 1.93 bits per heavy atom. The maximum atomic E-state index is 12.2. The van der Waals surface area contributed by atoms with E-state index >= 15 is 0 Å². The van der Waals surface area contributed by atoms with Gasteiger partial charge in [0.2, 0.25) is 11.9 Å². The van der Waals surface area contributed by atoms with Gasteiger partial charge in [0.1, 0.15) is 5.69 Å². The van der Waals surface area contributed by atoms with E-state index in [0.29, 0.717) is 12.5 Å². The van der Waals surface area contributed by atoms with E-state index in [1.54, 1.807) is 18.1 Å². The van der Waals surface area contributed by atoms with Crippen LogP contribution in [0.2, 0.25) is 0 Å². The third-order valence-electron chi connectivity index (χ3n) is 5.10. The largest absolute Gasteiger partial charge is 0.378 e. The van der Waals surface area contributed by atoms with Gasteiger partial charge in [-0.1, -0.05) is 6.92 Å². The second-order valence-corrected chi connectivity index (χ2v) is 7.05. The second kappa shape index (κ2) is 8.02. The van der Waals surface area contributed by atoms with Gasteiger partial charge in [-0.05, 0) is 30.7 Å². The molecular weight excluding hydrogens is 356 g/mol. The number of nitrogens with one attached hydrogen (secondary N) is 1. The highest BCUT2D eigenvalue weighted by Gasteiger charge is 2.28. The van der Waals surface area contributed by atoms with Crippen LogP contribution in [0.3, 0.4) is 0 Å². The van der Waals surface area contributed by atoms with Crippen molar-refractivity contribution in [1.82, 2.24) is 9.97 Å².